The molecule has 1 rings (SSSR count). The summed E-state index contributed by atoms with van der Waals surface area (Å²) in [7, 11) is -3.29. The first-order valence-corrected chi connectivity index (χ1v) is 7.33. The third-order valence-electron chi connectivity index (χ3n) is 3.02. The van der Waals surface area contributed by atoms with Crippen LogP contribution in [-0.4, -0.2) is 36.3 Å². The van der Waals surface area contributed by atoms with Gasteiger partial charge in [0.05, 0.1) is 11.3 Å². The van der Waals surface area contributed by atoms with Crippen LogP contribution >= 0.6 is 0 Å². The van der Waals surface area contributed by atoms with Gasteiger partial charge in [-0.15, -0.1) is 0 Å². The first-order valence-electron chi connectivity index (χ1n) is 5.83. The molecule has 1 saturated heterocycles. The Morgan fingerprint density at radius 2 is 1.81 bits per heavy atom. The maximum atomic E-state index is 12.0. The Hall–Kier alpha value is -0.420. The quantitative estimate of drug-likeness (QED) is 0.755. The van der Waals surface area contributed by atoms with E-state index >= 15 is 0 Å². The van der Waals surface area contributed by atoms with Gasteiger partial charge in [0.25, 0.3) is 0 Å². The van der Waals surface area contributed by atoms with Crippen molar-refractivity contribution < 1.29 is 13.2 Å². The molecule has 94 valence electrons. The lowest BCUT2D eigenvalue weighted by Gasteiger charge is -2.26. The maximum Gasteiger partial charge on any atom is 0.217 e. The molecule has 1 heterocycles. The van der Waals surface area contributed by atoms with Crippen molar-refractivity contribution in [3.8, 4) is 0 Å². The lowest BCUT2D eigenvalue weighted by molar-refractivity contribution is -0.125. The van der Waals surface area contributed by atoms with Gasteiger partial charge in [0.1, 0.15) is 0 Å². The molecule has 1 aliphatic rings. The van der Waals surface area contributed by atoms with Gasteiger partial charge in [0, 0.05) is 12.5 Å². The van der Waals surface area contributed by atoms with Crippen molar-refractivity contribution in [1.82, 2.24) is 4.31 Å². The summed E-state index contributed by atoms with van der Waals surface area (Å²) in [5.41, 5.74) is 0. The normalized spacial score (nSPS) is 23.2. The molecule has 1 atom stereocenters. The topological polar surface area (TPSA) is 54.5 Å². The molecule has 0 bridgehead atoms. The van der Waals surface area contributed by atoms with Crippen LogP contribution in [0.15, 0.2) is 0 Å². The molecule has 0 aromatic carbocycles. The van der Waals surface area contributed by atoms with Gasteiger partial charge in [-0.1, -0.05) is 13.8 Å². The zero-order chi connectivity index (χ0) is 12.5. The molecule has 1 fully saturated rings. The monoisotopic (exact) mass is 247 g/mol. The first-order chi connectivity index (χ1) is 7.28. The van der Waals surface area contributed by atoms with Gasteiger partial charge >= 0.3 is 0 Å². The minimum absolute atomic E-state index is 0.0433. The molecule has 0 amide bonds. The van der Waals surface area contributed by atoms with E-state index in [2.05, 4.69) is 0 Å². The number of rotatable bonds is 4. The largest absolute Gasteiger partial charge is 0.298 e. The Morgan fingerprint density at radius 3 is 2.25 bits per heavy atom. The van der Waals surface area contributed by atoms with Crippen molar-refractivity contribution in [1.29, 1.82) is 0 Å². The third-order valence-corrected chi connectivity index (χ3v) is 5.31. The number of carbonyl (C=O) groups is 1. The van der Waals surface area contributed by atoms with Crippen molar-refractivity contribution in [3.05, 3.63) is 0 Å². The Morgan fingerprint density at radius 1 is 1.25 bits per heavy atom. The molecule has 16 heavy (non-hydrogen) atoms. The van der Waals surface area contributed by atoms with Crippen LogP contribution in [0.25, 0.3) is 0 Å². The lowest BCUT2D eigenvalue weighted by Crippen LogP contribution is -2.44. The average molecular weight is 247 g/mol. The summed E-state index contributed by atoms with van der Waals surface area (Å²) >= 11 is 0. The molecule has 0 radical (unpaired) electrons. The van der Waals surface area contributed by atoms with E-state index in [1.54, 1.807) is 13.8 Å². The number of carbonyl (C=O) groups excluding carboxylic acids is 1. The zero-order valence-electron chi connectivity index (χ0n) is 10.4. The van der Waals surface area contributed by atoms with Crippen molar-refractivity contribution in [2.75, 3.05) is 6.54 Å². The Labute approximate surface area is 98.1 Å². The van der Waals surface area contributed by atoms with E-state index < -0.39 is 21.3 Å². The van der Waals surface area contributed by atoms with Crippen LogP contribution in [0.3, 0.4) is 0 Å². The van der Waals surface area contributed by atoms with E-state index in [0.717, 1.165) is 6.42 Å². The van der Waals surface area contributed by atoms with Crippen molar-refractivity contribution in [2.45, 2.75) is 51.8 Å². The molecule has 5 heteroatoms. The van der Waals surface area contributed by atoms with E-state index in [4.69, 9.17) is 0 Å². The first kappa shape index (κ1) is 13.6. The highest BCUT2D eigenvalue weighted by Crippen LogP contribution is 2.25. The van der Waals surface area contributed by atoms with E-state index in [9.17, 15) is 13.2 Å². The van der Waals surface area contributed by atoms with Crippen LogP contribution in [-0.2, 0) is 14.8 Å². The molecular formula is C11H21NO3S. The summed E-state index contributed by atoms with van der Waals surface area (Å²) in [6.07, 6.45) is 1.46. The minimum atomic E-state index is -3.29. The molecule has 0 spiro atoms. The highest BCUT2D eigenvalue weighted by Gasteiger charge is 2.40. The fraction of sp³-hybridized carbons (Fsp3) is 0.909. The fourth-order valence-corrected chi connectivity index (χ4v) is 3.47. The summed E-state index contributed by atoms with van der Waals surface area (Å²) in [6.45, 7) is 7.44. The van der Waals surface area contributed by atoms with Gasteiger partial charge in [-0.3, -0.25) is 4.79 Å². The van der Waals surface area contributed by atoms with Gasteiger partial charge < -0.3 is 0 Å². The van der Waals surface area contributed by atoms with Crippen molar-refractivity contribution in [3.63, 3.8) is 0 Å². The third kappa shape index (κ3) is 2.46. The zero-order valence-corrected chi connectivity index (χ0v) is 11.3. The Bertz CT molecular complexity index is 359. The van der Waals surface area contributed by atoms with Gasteiger partial charge in [0.2, 0.25) is 10.0 Å². The summed E-state index contributed by atoms with van der Waals surface area (Å²) in [6, 6.07) is -0.424. The molecule has 0 saturated carbocycles. The predicted octanol–water partition coefficient (Wildman–Crippen LogP) is 1.41. The molecule has 1 unspecified atom stereocenters. The fourth-order valence-electron chi connectivity index (χ4n) is 1.98. The van der Waals surface area contributed by atoms with E-state index in [1.165, 1.54) is 4.31 Å². The summed E-state index contributed by atoms with van der Waals surface area (Å²) in [5.74, 6) is -0.0605. The van der Waals surface area contributed by atoms with E-state index in [1.807, 2.05) is 13.8 Å². The van der Waals surface area contributed by atoms with E-state index in [0.29, 0.717) is 13.0 Å². The number of hydrogen-bond acceptors (Lipinski definition) is 3. The van der Waals surface area contributed by atoms with Gasteiger partial charge in [0.15, 0.2) is 5.78 Å². The van der Waals surface area contributed by atoms with Gasteiger partial charge in [-0.2, -0.15) is 4.31 Å². The number of nitrogens with zero attached hydrogens (tertiary/aromatic N) is 1. The second kappa shape index (κ2) is 4.84. The maximum absolute atomic E-state index is 12.0. The standard InChI is InChI=1S/C11H21NO3S/c1-8(2)11(13)10-6-5-7-12(10)16(14,15)9(3)4/h8-10H,5-7H2,1-4H3. The second-order valence-electron chi connectivity index (χ2n) is 4.92. The van der Waals surface area contributed by atoms with Crippen molar-refractivity contribution in [2.24, 2.45) is 5.92 Å². The molecule has 0 aromatic rings. The Balaban J connectivity index is 2.94. The Kier molecular flexibility index (Phi) is 4.12. The highest BCUT2D eigenvalue weighted by molar-refractivity contribution is 7.89. The molecule has 0 aromatic heterocycles. The van der Waals surface area contributed by atoms with Crippen LogP contribution in [0.4, 0.5) is 0 Å². The predicted molar refractivity (Wildman–Crippen MR) is 63.6 cm³/mol. The number of hydrogen-bond donors (Lipinski definition) is 0. The van der Waals surface area contributed by atoms with Crippen LogP contribution < -0.4 is 0 Å². The minimum Gasteiger partial charge on any atom is -0.298 e. The lowest BCUT2D eigenvalue weighted by atomic mass is 10.0. The number of Topliss-reactive ketones (excluding diaryl/α,β-unsaturated/α-hetero) is 1. The number of sulfonamides is 1. The van der Waals surface area contributed by atoms with E-state index in [-0.39, 0.29) is 11.7 Å². The molecule has 0 N–H and O–H groups in total. The van der Waals surface area contributed by atoms with Crippen LogP contribution in [0.1, 0.15) is 40.5 Å². The second-order valence-corrected chi connectivity index (χ2v) is 7.36. The van der Waals surface area contributed by atoms with Crippen LogP contribution in [0.2, 0.25) is 0 Å². The van der Waals surface area contributed by atoms with Crippen LogP contribution in [0, 0.1) is 5.92 Å². The van der Waals surface area contributed by atoms with Crippen LogP contribution in [0.5, 0.6) is 0 Å². The van der Waals surface area contributed by atoms with Gasteiger partial charge in [-0.25, -0.2) is 8.42 Å². The molecule has 4 nitrogen and oxygen atoms in total. The summed E-state index contributed by atoms with van der Waals surface area (Å²) in [4.78, 5) is 11.9. The smallest absolute Gasteiger partial charge is 0.217 e. The number of ketones is 1. The molecule has 0 aliphatic carbocycles. The average Bonchev–Trinajstić information content (AvgIpc) is 2.64. The SMILES string of the molecule is CC(C)C(=O)C1CCCN1S(=O)(=O)C(C)C. The molecular weight excluding hydrogens is 226 g/mol. The van der Waals surface area contributed by atoms with Crippen molar-refractivity contribution >= 4 is 15.8 Å². The van der Waals surface area contributed by atoms with Gasteiger partial charge in [-0.05, 0) is 26.7 Å². The molecule has 1 aliphatic heterocycles. The summed E-state index contributed by atoms with van der Waals surface area (Å²) < 4.78 is 25.5. The highest BCUT2D eigenvalue weighted by atomic mass is 32.2. The summed E-state index contributed by atoms with van der Waals surface area (Å²) in [5, 5.41) is -0.451.